The van der Waals surface area contributed by atoms with Gasteiger partial charge in [0.05, 0.1) is 24.5 Å². The predicted molar refractivity (Wildman–Crippen MR) is 76.4 cm³/mol. The largest absolute Gasteiger partial charge is 0.394 e. The van der Waals surface area contributed by atoms with Crippen molar-refractivity contribution in [2.75, 3.05) is 26.2 Å². The number of carbonyl (C=O) groups is 2. The van der Waals surface area contributed by atoms with Crippen LogP contribution < -0.4 is 0 Å². The summed E-state index contributed by atoms with van der Waals surface area (Å²) < 4.78 is 38.0. The van der Waals surface area contributed by atoms with E-state index in [2.05, 4.69) is 0 Å². The fourth-order valence-electron chi connectivity index (χ4n) is 3.68. The molecule has 2 rings (SSSR count). The molecule has 8 heteroatoms. The smallest absolute Gasteiger partial charge is 0.391 e. The maximum Gasteiger partial charge on any atom is 0.391 e. The van der Waals surface area contributed by atoms with Crippen LogP contribution >= 0.6 is 0 Å². The number of carbonyl (C=O) groups excluding carboxylic acids is 2. The lowest BCUT2D eigenvalue weighted by Gasteiger charge is -2.39. The Kier molecular flexibility index (Phi) is 5.23. The summed E-state index contributed by atoms with van der Waals surface area (Å²) in [6.07, 6.45) is -3.16. The quantitative estimate of drug-likeness (QED) is 0.851. The van der Waals surface area contributed by atoms with Gasteiger partial charge in [0.2, 0.25) is 11.8 Å². The van der Waals surface area contributed by atoms with E-state index in [0.717, 1.165) is 0 Å². The lowest BCUT2D eigenvalue weighted by molar-refractivity contribution is -0.186. The van der Waals surface area contributed by atoms with Crippen LogP contribution in [0.5, 0.6) is 0 Å². The van der Waals surface area contributed by atoms with E-state index in [9.17, 15) is 27.9 Å². The van der Waals surface area contributed by atoms with E-state index in [-0.39, 0.29) is 50.8 Å². The van der Waals surface area contributed by atoms with Gasteiger partial charge in [-0.3, -0.25) is 9.59 Å². The molecule has 0 aromatic carbocycles. The number of nitrogens with zero attached hydrogens (tertiary/aromatic N) is 2. The number of hydrogen-bond acceptors (Lipinski definition) is 3. The summed E-state index contributed by atoms with van der Waals surface area (Å²) in [5.41, 5.74) is -0.899. The monoisotopic (exact) mass is 336 g/mol. The summed E-state index contributed by atoms with van der Waals surface area (Å²) in [5.74, 6) is -1.83. The van der Waals surface area contributed by atoms with Crippen molar-refractivity contribution < 1.29 is 27.9 Å². The molecular formula is C15H23F3N2O3. The second-order valence-corrected chi connectivity index (χ2v) is 6.53. The van der Waals surface area contributed by atoms with Gasteiger partial charge in [0, 0.05) is 26.6 Å². The first-order chi connectivity index (χ1) is 10.7. The summed E-state index contributed by atoms with van der Waals surface area (Å²) in [5, 5.41) is 9.72. The molecule has 0 spiro atoms. The number of amides is 2. The molecule has 23 heavy (non-hydrogen) atoms. The summed E-state index contributed by atoms with van der Waals surface area (Å²) in [6, 6.07) is 0. The second-order valence-electron chi connectivity index (χ2n) is 6.53. The molecule has 5 nitrogen and oxygen atoms in total. The van der Waals surface area contributed by atoms with E-state index < -0.39 is 17.6 Å². The Balaban J connectivity index is 1.98. The van der Waals surface area contributed by atoms with Crippen molar-refractivity contribution in [3.05, 3.63) is 0 Å². The minimum Gasteiger partial charge on any atom is -0.394 e. The molecule has 0 aromatic heterocycles. The molecule has 2 aliphatic heterocycles. The molecule has 132 valence electrons. The zero-order chi connectivity index (χ0) is 17.3. The molecule has 2 saturated heterocycles. The number of alkyl halides is 3. The molecule has 1 N–H and O–H groups in total. The lowest BCUT2D eigenvalue weighted by Crippen LogP contribution is -2.53. The van der Waals surface area contributed by atoms with E-state index in [1.54, 1.807) is 0 Å². The van der Waals surface area contributed by atoms with Gasteiger partial charge in [-0.25, -0.2) is 0 Å². The Labute approximate surface area is 133 Å². The summed E-state index contributed by atoms with van der Waals surface area (Å²) in [4.78, 5) is 27.1. The topological polar surface area (TPSA) is 60.9 Å². The van der Waals surface area contributed by atoms with Crippen LogP contribution in [0, 0.1) is 5.92 Å². The average molecular weight is 336 g/mol. The van der Waals surface area contributed by atoms with Crippen LogP contribution in [0.4, 0.5) is 13.2 Å². The number of likely N-dealkylation sites (tertiary alicyclic amines) is 2. The van der Waals surface area contributed by atoms with E-state index in [1.807, 2.05) is 0 Å². The third kappa shape index (κ3) is 3.79. The predicted octanol–water partition coefficient (Wildman–Crippen LogP) is 1.55. The second kappa shape index (κ2) is 6.67. The summed E-state index contributed by atoms with van der Waals surface area (Å²) >= 11 is 0. The van der Waals surface area contributed by atoms with Gasteiger partial charge in [-0.15, -0.1) is 0 Å². The van der Waals surface area contributed by atoms with Gasteiger partial charge in [0.25, 0.3) is 0 Å². The molecule has 0 saturated carbocycles. The van der Waals surface area contributed by atoms with Crippen LogP contribution in [0.1, 0.15) is 39.0 Å². The highest BCUT2D eigenvalue weighted by atomic mass is 19.4. The molecule has 2 aliphatic rings. The standard InChI is InChI=1S/C15H23F3N2O3/c1-11(22)20-6-2-5-14(20,10-21)9-13(23)19-7-3-12(4-8-19)15(16,17)18/h12,21H,2-10H2,1H3/t14-/m0/s1. The number of piperidine rings is 1. The van der Waals surface area contributed by atoms with Gasteiger partial charge in [-0.05, 0) is 25.7 Å². The third-order valence-corrected chi connectivity index (χ3v) is 5.06. The minimum atomic E-state index is -4.21. The highest BCUT2D eigenvalue weighted by molar-refractivity contribution is 5.80. The fraction of sp³-hybridized carbons (Fsp3) is 0.867. The lowest BCUT2D eigenvalue weighted by atomic mass is 9.90. The van der Waals surface area contributed by atoms with Gasteiger partial charge in [-0.2, -0.15) is 13.2 Å². The van der Waals surface area contributed by atoms with Crippen LogP contribution in [-0.2, 0) is 9.59 Å². The van der Waals surface area contributed by atoms with Crippen LogP contribution in [0.2, 0.25) is 0 Å². The first kappa shape index (κ1) is 18.0. The zero-order valence-electron chi connectivity index (χ0n) is 13.2. The van der Waals surface area contributed by atoms with Gasteiger partial charge in [0.15, 0.2) is 0 Å². The van der Waals surface area contributed by atoms with Crippen molar-refractivity contribution in [2.24, 2.45) is 5.92 Å². The van der Waals surface area contributed by atoms with Crippen molar-refractivity contribution in [1.29, 1.82) is 0 Å². The van der Waals surface area contributed by atoms with Crippen molar-refractivity contribution >= 4 is 11.8 Å². The number of hydrogen-bond donors (Lipinski definition) is 1. The Morgan fingerprint density at radius 3 is 2.30 bits per heavy atom. The molecular weight excluding hydrogens is 313 g/mol. The number of aliphatic hydroxyl groups excluding tert-OH is 1. The minimum absolute atomic E-state index is 0.0280. The Morgan fingerprint density at radius 1 is 1.22 bits per heavy atom. The van der Waals surface area contributed by atoms with Crippen molar-refractivity contribution in [2.45, 2.75) is 50.7 Å². The highest BCUT2D eigenvalue weighted by Crippen LogP contribution is 2.36. The zero-order valence-corrected chi connectivity index (χ0v) is 13.2. The van der Waals surface area contributed by atoms with E-state index >= 15 is 0 Å². The Morgan fingerprint density at radius 2 is 1.83 bits per heavy atom. The number of aliphatic hydroxyl groups is 1. The maximum absolute atomic E-state index is 12.7. The van der Waals surface area contributed by atoms with Crippen LogP contribution in [0.25, 0.3) is 0 Å². The van der Waals surface area contributed by atoms with Crippen molar-refractivity contribution in [3.63, 3.8) is 0 Å². The summed E-state index contributed by atoms with van der Waals surface area (Å²) in [7, 11) is 0. The Bertz CT molecular complexity index is 461. The third-order valence-electron chi connectivity index (χ3n) is 5.06. The van der Waals surface area contributed by atoms with Crippen LogP contribution in [0.15, 0.2) is 0 Å². The van der Waals surface area contributed by atoms with Crippen molar-refractivity contribution in [1.82, 2.24) is 9.80 Å². The van der Waals surface area contributed by atoms with Gasteiger partial charge in [-0.1, -0.05) is 0 Å². The van der Waals surface area contributed by atoms with Gasteiger partial charge >= 0.3 is 6.18 Å². The van der Waals surface area contributed by atoms with Crippen LogP contribution in [-0.4, -0.2) is 64.7 Å². The van der Waals surface area contributed by atoms with E-state index in [0.29, 0.717) is 19.4 Å². The molecule has 0 radical (unpaired) electrons. The molecule has 1 atom stereocenters. The van der Waals surface area contributed by atoms with Crippen LogP contribution in [0.3, 0.4) is 0 Å². The fourth-order valence-corrected chi connectivity index (χ4v) is 3.68. The highest BCUT2D eigenvalue weighted by Gasteiger charge is 2.46. The molecule has 0 aliphatic carbocycles. The number of rotatable bonds is 3. The first-order valence-corrected chi connectivity index (χ1v) is 7.93. The van der Waals surface area contributed by atoms with E-state index in [4.69, 9.17) is 0 Å². The van der Waals surface area contributed by atoms with Gasteiger partial charge in [0.1, 0.15) is 0 Å². The molecule has 0 aromatic rings. The first-order valence-electron chi connectivity index (χ1n) is 7.93. The normalized spacial score (nSPS) is 26.7. The van der Waals surface area contributed by atoms with Gasteiger partial charge < -0.3 is 14.9 Å². The molecule has 2 fully saturated rings. The number of halogens is 3. The SMILES string of the molecule is CC(=O)N1CCC[C@@]1(CO)CC(=O)N1CCC(C(F)(F)F)CC1. The molecule has 0 bridgehead atoms. The summed E-state index contributed by atoms with van der Waals surface area (Å²) in [6.45, 7) is 1.74. The molecule has 2 heterocycles. The maximum atomic E-state index is 12.7. The Hall–Kier alpha value is -1.31. The molecule has 0 unspecified atom stereocenters. The van der Waals surface area contributed by atoms with E-state index in [1.165, 1.54) is 16.7 Å². The average Bonchev–Trinajstić information content (AvgIpc) is 2.91. The van der Waals surface area contributed by atoms with Crippen molar-refractivity contribution in [3.8, 4) is 0 Å². The molecule has 2 amide bonds.